The highest BCUT2D eigenvalue weighted by Gasteiger charge is 2.19. The van der Waals surface area contributed by atoms with Gasteiger partial charge in [0.1, 0.15) is 6.61 Å². The van der Waals surface area contributed by atoms with Gasteiger partial charge in [-0.3, -0.25) is 4.79 Å². The van der Waals surface area contributed by atoms with Crippen molar-refractivity contribution < 1.29 is 19.0 Å². The van der Waals surface area contributed by atoms with Gasteiger partial charge in [-0.15, -0.1) is 0 Å². The van der Waals surface area contributed by atoms with Crippen LogP contribution in [-0.4, -0.2) is 38.6 Å². The molecule has 0 bridgehead atoms. The van der Waals surface area contributed by atoms with E-state index in [9.17, 15) is 4.79 Å². The Bertz CT molecular complexity index is 690. The quantitative estimate of drug-likeness (QED) is 0.676. The molecule has 0 radical (unpaired) electrons. The number of benzene rings is 2. The minimum atomic E-state index is -0.0651. The summed E-state index contributed by atoms with van der Waals surface area (Å²) in [5.41, 5.74) is 1.56. The summed E-state index contributed by atoms with van der Waals surface area (Å²) in [5, 5.41) is 0. The van der Waals surface area contributed by atoms with Crippen LogP contribution >= 0.6 is 0 Å². The van der Waals surface area contributed by atoms with Gasteiger partial charge >= 0.3 is 0 Å². The number of hydrogen-bond donors (Lipinski definition) is 0. The Morgan fingerprint density at radius 1 is 1.04 bits per heavy atom. The van der Waals surface area contributed by atoms with Gasteiger partial charge in [0.2, 0.25) is 5.75 Å². The van der Waals surface area contributed by atoms with E-state index in [2.05, 4.69) is 6.92 Å². The molecule has 0 aliphatic rings. The second-order valence-corrected chi connectivity index (χ2v) is 6.06. The number of amides is 1. The molecule has 0 aliphatic heterocycles. The summed E-state index contributed by atoms with van der Waals surface area (Å²) in [7, 11) is 4.91. The van der Waals surface area contributed by atoms with Crippen LogP contribution in [0.15, 0.2) is 42.5 Å². The van der Waals surface area contributed by atoms with Crippen LogP contribution < -0.4 is 14.2 Å². The van der Waals surface area contributed by atoms with Gasteiger partial charge in [-0.1, -0.05) is 43.7 Å². The normalized spacial score (nSPS) is 10.3. The molecule has 0 aliphatic carbocycles. The van der Waals surface area contributed by atoms with Gasteiger partial charge in [0, 0.05) is 19.2 Å². The summed E-state index contributed by atoms with van der Waals surface area (Å²) in [5.74, 6) is 1.39. The van der Waals surface area contributed by atoms with E-state index >= 15 is 0 Å². The van der Waals surface area contributed by atoms with Crippen molar-refractivity contribution in [3.8, 4) is 17.2 Å². The molecule has 0 spiro atoms. The van der Waals surface area contributed by atoms with Crippen molar-refractivity contribution in [1.29, 1.82) is 0 Å². The third-order valence-electron chi connectivity index (χ3n) is 4.13. The van der Waals surface area contributed by atoms with Gasteiger partial charge < -0.3 is 19.1 Å². The molecule has 0 heterocycles. The molecule has 0 aromatic heterocycles. The molecule has 0 unspecified atom stereocenters. The predicted molar refractivity (Wildman–Crippen MR) is 102 cm³/mol. The maximum atomic E-state index is 12.7. The monoisotopic (exact) mass is 357 g/mol. The molecule has 0 N–H and O–H groups in total. The molecule has 0 fully saturated rings. The van der Waals surface area contributed by atoms with E-state index in [1.807, 2.05) is 30.3 Å². The van der Waals surface area contributed by atoms with Crippen LogP contribution in [0.3, 0.4) is 0 Å². The van der Waals surface area contributed by atoms with Gasteiger partial charge in [-0.2, -0.15) is 0 Å². The molecule has 2 aromatic rings. The first kappa shape index (κ1) is 19.6. The Kier molecular flexibility index (Phi) is 7.33. The van der Waals surface area contributed by atoms with Crippen molar-refractivity contribution in [3.05, 3.63) is 53.6 Å². The fourth-order valence-corrected chi connectivity index (χ4v) is 2.59. The average Bonchev–Trinajstić information content (AvgIpc) is 2.69. The Labute approximate surface area is 155 Å². The first-order valence-corrected chi connectivity index (χ1v) is 8.78. The second-order valence-electron chi connectivity index (χ2n) is 6.06. The molecule has 2 rings (SSSR count). The van der Waals surface area contributed by atoms with Crippen LogP contribution in [0.5, 0.6) is 17.2 Å². The maximum absolute atomic E-state index is 12.7. The van der Waals surface area contributed by atoms with Crippen LogP contribution in [0.1, 0.15) is 35.7 Å². The summed E-state index contributed by atoms with van der Waals surface area (Å²) in [4.78, 5) is 14.4. The summed E-state index contributed by atoms with van der Waals surface area (Å²) >= 11 is 0. The minimum absolute atomic E-state index is 0.0651. The third kappa shape index (κ3) is 4.91. The van der Waals surface area contributed by atoms with E-state index in [0.717, 1.165) is 18.4 Å². The van der Waals surface area contributed by atoms with E-state index in [4.69, 9.17) is 14.2 Å². The second kappa shape index (κ2) is 9.70. The topological polar surface area (TPSA) is 48.0 Å². The number of rotatable bonds is 9. The number of methoxy groups -OCH3 is 2. The molecule has 0 saturated carbocycles. The van der Waals surface area contributed by atoms with Gasteiger partial charge in [0.25, 0.3) is 5.91 Å². The van der Waals surface area contributed by atoms with E-state index < -0.39 is 0 Å². The first-order valence-electron chi connectivity index (χ1n) is 8.78. The molecular formula is C21H27NO4. The number of hydrogen-bond acceptors (Lipinski definition) is 4. The third-order valence-corrected chi connectivity index (χ3v) is 4.13. The molecule has 2 aromatic carbocycles. The van der Waals surface area contributed by atoms with Crippen molar-refractivity contribution >= 4 is 5.91 Å². The lowest BCUT2D eigenvalue weighted by Crippen LogP contribution is -2.27. The standard InChI is InChI=1S/C21H27NO4/c1-5-6-12-22(2)21(23)17-13-18(24-3)20(19(14-17)25-4)26-15-16-10-8-7-9-11-16/h7-11,13-14H,5-6,12,15H2,1-4H3. The highest BCUT2D eigenvalue weighted by Crippen LogP contribution is 2.39. The van der Waals surface area contributed by atoms with Crippen molar-refractivity contribution in [2.24, 2.45) is 0 Å². The van der Waals surface area contributed by atoms with Crippen molar-refractivity contribution in [1.82, 2.24) is 4.90 Å². The minimum Gasteiger partial charge on any atom is -0.493 e. The average molecular weight is 357 g/mol. The van der Waals surface area contributed by atoms with Crippen LogP contribution in [-0.2, 0) is 6.61 Å². The van der Waals surface area contributed by atoms with Gasteiger partial charge in [0.15, 0.2) is 11.5 Å². The zero-order valence-electron chi connectivity index (χ0n) is 16.0. The highest BCUT2D eigenvalue weighted by atomic mass is 16.5. The van der Waals surface area contributed by atoms with Crippen LogP contribution in [0.2, 0.25) is 0 Å². The fourth-order valence-electron chi connectivity index (χ4n) is 2.59. The van der Waals surface area contributed by atoms with Gasteiger partial charge in [-0.05, 0) is 24.1 Å². The zero-order valence-corrected chi connectivity index (χ0v) is 16.0. The zero-order chi connectivity index (χ0) is 18.9. The van der Waals surface area contributed by atoms with Crippen molar-refractivity contribution in [3.63, 3.8) is 0 Å². The molecule has 140 valence electrons. The van der Waals surface area contributed by atoms with Gasteiger partial charge in [0.05, 0.1) is 14.2 Å². The first-order chi connectivity index (χ1) is 12.6. The van der Waals surface area contributed by atoms with E-state index in [-0.39, 0.29) is 5.91 Å². The Balaban J connectivity index is 2.25. The lowest BCUT2D eigenvalue weighted by Gasteiger charge is -2.19. The van der Waals surface area contributed by atoms with E-state index in [0.29, 0.717) is 36.0 Å². The number of carbonyl (C=O) groups is 1. The summed E-state index contributed by atoms with van der Waals surface area (Å²) < 4.78 is 16.8. The van der Waals surface area contributed by atoms with E-state index in [1.165, 1.54) is 0 Å². The number of carbonyl (C=O) groups excluding carboxylic acids is 1. The van der Waals surface area contributed by atoms with Crippen molar-refractivity contribution in [2.45, 2.75) is 26.4 Å². The maximum Gasteiger partial charge on any atom is 0.253 e. The molecule has 26 heavy (non-hydrogen) atoms. The predicted octanol–water partition coefficient (Wildman–Crippen LogP) is 4.15. The molecule has 5 heteroatoms. The molecule has 1 amide bonds. The van der Waals surface area contributed by atoms with Gasteiger partial charge in [-0.25, -0.2) is 0 Å². The molecule has 0 saturated heterocycles. The van der Waals surface area contributed by atoms with Crippen LogP contribution in [0, 0.1) is 0 Å². The van der Waals surface area contributed by atoms with Crippen LogP contribution in [0.4, 0.5) is 0 Å². The molecule has 5 nitrogen and oxygen atoms in total. The number of nitrogens with zero attached hydrogens (tertiary/aromatic N) is 1. The largest absolute Gasteiger partial charge is 0.493 e. The summed E-state index contributed by atoms with van der Waals surface area (Å²) in [6.07, 6.45) is 2.01. The smallest absolute Gasteiger partial charge is 0.253 e. The SMILES string of the molecule is CCCCN(C)C(=O)c1cc(OC)c(OCc2ccccc2)c(OC)c1. The van der Waals surface area contributed by atoms with Crippen molar-refractivity contribution in [2.75, 3.05) is 27.8 Å². The molecular weight excluding hydrogens is 330 g/mol. The fraction of sp³-hybridized carbons (Fsp3) is 0.381. The van der Waals surface area contributed by atoms with E-state index in [1.54, 1.807) is 38.3 Å². The number of ether oxygens (including phenoxy) is 3. The highest BCUT2D eigenvalue weighted by molar-refractivity contribution is 5.95. The lowest BCUT2D eigenvalue weighted by atomic mass is 10.1. The number of unbranched alkanes of at least 4 members (excludes halogenated alkanes) is 1. The Morgan fingerprint density at radius 2 is 1.65 bits per heavy atom. The molecule has 0 atom stereocenters. The van der Waals surface area contributed by atoms with Crippen LogP contribution in [0.25, 0.3) is 0 Å². The Morgan fingerprint density at radius 3 is 2.19 bits per heavy atom. The summed E-state index contributed by atoms with van der Waals surface area (Å²) in [6, 6.07) is 13.3. The Hall–Kier alpha value is -2.69. The lowest BCUT2D eigenvalue weighted by molar-refractivity contribution is 0.0792. The summed E-state index contributed by atoms with van der Waals surface area (Å²) in [6.45, 7) is 3.20.